The molecule has 0 radical (unpaired) electrons. The summed E-state index contributed by atoms with van der Waals surface area (Å²) < 4.78 is 0. The third-order valence-corrected chi connectivity index (χ3v) is 3.61. The van der Waals surface area contributed by atoms with E-state index in [-0.39, 0.29) is 23.8 Å². The van der Waals surface area contributed by atoms with Gasteiger partial charge in [0.15, 0.2) is 0 Å². The monoisotopic (exact) mass is 325 g/mol. The van der Waals surface area contributed by atoms with E-state index in [1.807, 2.05) is 25.1 Å². The molecule has 1 aromatic carbocycles. The molecular formula is C19H23N3O2. The van der Waals surface area contributed by atoms with Crippen molar-refractivity contribution in [3.8, 4) is 0 Å². The molecule has 0 aliphatic carbocycles. The normalized spacial score (nSPS) is 11.0. The van der Waals surface area contributed by atoms with Crippen molar-refractivity contribution in [2.45, 2.75) is 33.1 Å². The zero-order valence-electron chi connectivity index (χ0n) is 14.5. The first-order chi connectivity index (χ1) is 11.3. The Bertz CT molecular complexity index is 731. The molecule has 0 bridgehead atoms. The van der Waals surface area contributed by atoms with Gasteiger partial charge in [-0.2, -0.15) is 0 Å². The van der Waals surface area contributed by atoms with Gasteiger partial charge in [-0.05, 0) is 47.7 Å². The van der Waals surface area contributed by atoms with Crippen molar-refractivity contribution in [2.75, 3.05) is 11.9 Å². The summed E-state index contributed by atoms with van der Waals surface area (Å²) in [6.07, 6.45) is 1.63. The van der Waals surface area contributed by atoms with E-state index in [0.29, 0.717) is 11.4 Å². The smallest absolute Gasteiger partial charge is 0.251 e. The van der Waals surface area contributed by atoms with Crippen molar-refractivity contribution in [2.24, 2.45) is 0 Å². The van der Waals surface area contributed by atoms with Crippen molar-refractivity contribution >= 4 is 17.6 Å². The Kier molecular flexibility index (Phi) is 5.34. The fourth-order valence-corrected chi connectivity index (χ4v) is 2.18. The summed E-state index contributed by atoms with van der Waals surface area (Å²) in [4.78, 5) is 28.0. The fraction of sp³-hybridized carbons (Fsp3) is 0.316. The molecule has 2 N–H and O–H groups in total. The van der Waals surface area contributed by atoms with Crippen LogP contribution in [0.4, 0.5) is 5.82 Å². The van der Waals surface area contributed by atoms with Gasteiger partial charge in [0.2, 0.25) is 5.91 Å². The predicted molar refractivity (Wildman–Crippen MR) is 95.1 cm³/mol. The van der Waals surface area contributed by atoms with Gasteiger partial charge in [0.1, 0.15) is 5.82 Å². The van der Waals surface area contributed by atoms with Gasteiger partial charge in [0.05, 0.1) is 6.54 Å². The first kappa shape index (κ1) is 17.7. The largest absolute Gasteiger partial charge is 0.343 e. The molecule has 1 aromatic heterocycles. The molecule has 5 heteroatoms. The molecule has 2 aromatic rings. The standard InChI is InChI=1S/C19H23N3O2/c1-13-9-10-20-16(11-13)22-17(23)12-21-18(24)14-5-7-15(8-6-14)19(2,3)4/h5-11H,12H2,1-4H3,(H,21,24)(H,20,22,23). The summed E-state index contributed by atoms with van der Waals surface area (Å²) in [7, 11) is 0. The number of aromatic nitrogens is 1. The molecule has 24 heavy (non-hydrogen) atoms. The third-order valence-electron chi connectivity index (χ3n) is 3.61. The second-order valence-electron chi connectivity index (χ2n) is 6.78. The van der Waals surface area contributed by atoms with Crippen molar-refractivity contribution in [3.63, 3.8) is 0 Å². The molecule has 5 nitrogen and oxygen atoms in total. The summed E-state index contributed by atoms with van der Waals surface area (Å²) >= 11 is 0. The summed E-state index contributed by atoms with van der Waals surface area (Å²) in [5.41, 5.74) is 2.73. The molecule has 0 saturated heterocycles. The number of nitrogens with zero attached hydrogens (tertiary/aromatic N) is 1. The van der Waals surface area contributed by atoms with Crippen LogP contribution in [0.25, 0.3) is 0 Å². The number of hydrogen-bond acceptors (Lipinski definition) is 3. The van der Waals surface area contributed by atoms with Crippen LogP contribution in [-0.2, 0) is 10.2 Å². The Morgan fingerprint density at radius 2 is 1.75 bits per heavy atom. The van der Waals surface area contributed by atoms with Crippen LogP contribution in [0.2, 0.25) is 0 Å². The van der Waals surface area contributed by atoms with Gasteiger partial charge in [0.25, 0.3) is 5.91 Å². The topological polar surface area (TPSA) is 71.1 Å². The lowest BCUT2D eigenvalue weighted by atomic mass is 9.87. The van der Waals surface area contributed by atoms with Gasteiger partial charge in [-0.15, -0.1) is 0 Å². The van der Waals surface area contributed by atoms with Crippen LogP contribution in [0.3, 0.4) is 0 Å². The quantitative estimate of drug-likeness (QED) is 0.907. The molecule has 0 unspecified atom stereocenters. The first-order valence-corrected chi connectivity index (χ1v) is 7.87. The number of carbonyl (C=O) groups excluding carboxylic acids is 2. The third kappa shape index (κ3) is 4.91. The number of aryl methyl sites for hydroxylation is 1. The molecule has 0 fully saturated rings. The van der Waals surface area contributed by atoms with Gasteiger partial charge < -0.3 is 10.6 Å². The maximum Gasteiger partial charge on any atom is 0.251 e. The van der Waals surface area contributed by atoms with Crippen molar-refractivity contribution in [3.05, 3.63) is 59.3 Å². The van der Waals surface area contributed by atoms with Gasteiger partial charge in [-0.1, -0.05) is 32.9 Å². The van der Waals surface area contributed by atoms with E-state index in [1.165, 1.54) is 0 Å². The number of rotatable bonds is 4. The minimum absolute atomic E-state index is 0.0374. The molecule has 2 rings (SSSR count). The predicted octanol–water partition coefficient (Wildman–Crippen LogP) is 3.06. The summed E-state index contributed by atoms with van der Waals surface area (Å²) in [5.74, 6) is -0.112. The van der Waals surface area contributed by atoms with Crippen LogP contribution in [0.15, 0.2) is 42.6 Å². The van der Waals surface area contributed by atoms with Gasteiger partial charge in [0, 0.05) is 11.8 Å². The SMILES string of the molecule is Cc1ccnc(NC(=O)CNC(=O)c2ccc(C(C)(C)C)cc2)c1. The Morgan fingerprint density at radius 1 is 1.08 bits per heavy atom. The molecule has 126 valence electrons. The fourth-order valence-electron chi connectivity index (χ4n) is 2.18. The number of carbonyl (C=O) groups is 2. The molecule has 0 saturated carbocycles. The lowest BCUT2D eigenvalue weighted by Gasteiger charge is -2.19. The van der Waals surface area contributed by atoms with Crippen molar-refractivity contribution < 1.29 is 9.59 Å². The highest BCUT2D eigenvalue weighted by atomic mass is 16.2. The first-order valence-electron chi connectivity index (χ1n) is 7.87. The Labute approximate surface area is 142 Å². The minimum Gasteiger partial charge on any atom is -0.343 e. The van der Waals surface area contributed by atoms with Crippen LogP contribution in [-0.4, -0.2) is 23.3 Å². The molecule has 0 spiro atoms. The van der Waals surface area contributed by atoms with Gasteiger partial charge >= 0.3 is 0 Å². The van der Waals surface area contributed by atoms with E-state index in [1.54, 1.807) is 24.4 Å². The zero-order chi connectivity index (χ0) is 17.7. The van der Waals surface area contributed by atoms with Crippen LogP contribution in [0.5, 0.6) is 0 Å². The van der Waals surface area contributed by atoms with E-state index < -0.39 is 0 Å². The summed E-state index contributed by atoms with van der Waals surface area (Å²) in [6.45, 7) is 8.17. The van der Waals surface area contributed by atoms with Gasteiger partial charge in [-0.25, -0.2) is 4.98 Å². The van der Waals surface area contributed by atoms with Crippen LogP contribution in [0.1, 0.15) is 42.3 Å². The van der Waals surface area contributed by atoms with Crippen LogP contribution in [0, 0.1) is 6.92 Å². The van der Waals surface area contributed by atoms with Crippen LogP contribution < -0.4 is 10.6 Å². The number of amides is 2. The van der Waals surface area contributed by atoms with E-state index in [9.17, 15) is 9.59 Å². The molecule has 0 aliphatic heterocycles. The Balaban J connectivity index is 1.89. The highest BCUT2D eigenvalue weighted by molar-refractivity contribution is 5.99. The summed E-state index contributed by atoms with van der Waals surface area (Å²) in [6, 6.07) is 11.0. The minimum atomic E-state index is -0.312. The maximum atomic E-state index is 12.1. The molecular weight excluding hydrogens is 302 g/mol. The number of nitrogens with one attached hydrogen (secondary N) is 2. The van der Waals surface area contributed by atoms with Gasteiger partial charge in [-0.3, -0.25) is 9.59 Å². The maximum absolute atomic E-state index is 12.1. The molecule has 0 aliphatic rings. The van der Waals surface area contributed by atoms with E-state index in [0.717, 1.165) is 11.1 Å². The average molecular weight is 325 g/mol. The number of anilines is 1. The van der Waals surface area contributed by atoms with E-state index >= 15 is 0 Å². The highest BCUT2D eigenvalue weighted by Gasteiger charge is 2.14. The lowest BCUT2D eigenvalue weighted by molar-refractivity contribution is -0.115. The number of benzene rings is 1. The zero-order valence-corrected chi connectivity index (χ0v) is 14.5. The lowest BCUT2D eigenvalue weighted by Crippen LogP contribution is -2.33. The second kappa shape index (κ2) is 7.25. The highest BCUT2D eigenvalue weighted by Crippen LogP contribution is 2.22. The Morgan fingerprint density at radius 3 is 2.33 bits per heavy atom. The number of pyridine rings is 1. The van der Waals surface area contributed by atoms with Crippen molar-refractivity contribution in [1.29, 1.82) is 0 Å². The molecule has 1 heterocycles. The van der Waals surface area contributed by atoms with E-state index in [4.69, 9.17) is 0 Å². The Hall–Kier alpha value is -2.69. The van der Waals surface area contributed by atoms with Crippen LogP contribution >= 0.6 is 0 Å². The van der Waals surface area contributed by atoms with Crippen molar-refractivity contribution in [1.82, 2.24) is 10.3 Å². The summed E-state index contributed by atoms with van der Waals surface area (Å²) in [5, 5.41) is 5.27. The van der Waals surface area contributed by atoms with E-state index in [2.05, 4.69) is 36.4 Å². The molecule has 0 atom stereocenters. The second-order valence-corrected chi connectivity index (χ2v) is 6.78. The molecule has 2 amide bonds. The number of hydrogen-bond donors (Lipinski definition) is 2. The average Bonchev–Trinajstić information content (AvgIpc) is 2.52.